The van der Waals surface area contributed by atoms with E-state index in [0.29, 0.717) is 12.3 Å². The first-order valence-corrected chi connectivity index (χ1v) is 6.45. The van der Waals surface area contributed by atoms with Gasteiger partial charge in [-0.15, -0.1) is 0 Å². The molecule has 2 rings (SSSR count). The molecule has 5 heteroatoms. The molecule has 2 aromatic rings. The maximum Gasteiger partial charge on any atom is 0.326 e. The predicted octanol–water partition coefficient (Wildman–Crippen LogP) is 1.87. The molecule has 2 aromatic heterocycles. The van der Waals surface area contributed by atoms with E-state index in [4.69, 9.17) is 4.74 Å². The van der Waals surface area contributed by atoms with Crippen LogP contribution < -0.4 is 0 Å². The molecule has 0 spiro atoms. The summed E-state index contributed by atoms with van der Waals surface area (Å²) in [4.78, 5) is 15.9. The number of esters is 1. The number of rotatable bonds is 6. The second-order valence-electron chi connectivity index (χ2n) is 4.39. The van der Waals surface area contributed by atoms with E-state index in [1.54, 1.807) is 17.0 Å². The molecule has 0 saturated heterocycles. The summed E-state index contributed by atoms with van der Waals surface area (Å²) in [5.41, 5.74) is 1.46. The van der Waals surface area contributed by atoms with Crippen molar-refractivity contribution in [3.63, 3.8) is 0 Å². The highest BCUT2D eigenvalue weighted by Gasteiger charge is 2.11. The number of carbonyl (C=O) groups is 1. The quantitative estimate of drug-likeness (QED) is 0.637. The Hall–Kier alpha value is -1.88. The first-order chi connectivity index (χ1) is 9.26. The van der Waals surface area contributed by atoms with Crippen molar-refractivity contribution in [2.45, 2.75) is 32.9 Å². The van der Waals surface area contributed by atoms with Crippen LogP contribution in [0.2, 0.25) is 0 Å². The zero-order chi connectivity index (χ0) is 13.7. The smallest absolute Gasteiger partial charge is 0.326 e. The first kappa shape index (κ1) is 13.5. The molecular formula is C14H18N2O3. The molecule has 102 valence electrons. The van der Waals surface area contributed by atoms with E-state index in [2.05, 4.69) is 4.98 Å². The van der Waals surface area contributed by atoms with Gasteiger partial charge in [-0.25, -0.2) is 4.98 Å². The summed E-state index contributed by atoms with van der Waals surface area (Å²) in [6, 6.07) is 3.69. The molecule has 0 fully saturated rings. The third-order valence-corrected chi connectivity index (χ3v) is 2.95. The van der Waals surface area contributed by atoms with E-state index in [1.165, 1.54) is 0 Å². The monoisotopic (exact) mass is 262 g/mol. The molecule has 19 heavy (non-hydrogen) atoms. The predicted molar refractivity (Wildman–Crippen MR) is 71.5 cm³/mol. The fourth-order valence-electron chi connectivity index (χ4n) is 1.96. The molecule has 0 aromatic carbocycles. The van der Waals surface area contributed by atoms with E-state index < -0.39 is 0 Å². The topological polar surface area (TPSA) is 64.3 Å². The van der Waals surface area contributed by atoms with E-state index in [0.717, 1.165) is 23.8 Å². The first-order valence-electron chi connectivity index (χ1n) is 6.45. The van der Waals surface area contributed by atoms with Crippen LogP contribution in [0.1, 0.15) is 25.3 Å². The number of carbonyl (C=O) groups excluding carboxylic acids is 1. The lowest BCUT2D eigenvalue weighted by Crippen LogP contribution is -2.13. The Balaban J connectivity index is 2.14. The molecule has 0 aliphatic rings. The van der Waals surface area contributed by atoms with Gasteiger partial charge in [-0.3, -0.25) is 4.79 Å². The molecule has 1 N–H and O–H groups in total. The Morgan fingerprint density at radius 3 is 3.11 bits per heavy atom. The molecule has 0 amide bonds. The summed E-state index contributed by atoms with van der Waals surface area (Å²) in [6.07, 6.45) is 5.29. The Labute approximate surface area is 111 Å². The van der Waals surface area contributed by atoms with Gasteiger partial charge in [0.1, 0.15) is 12.2 Å². The van der Waals surface area contributed by atoms with Crippen LogP contribution in [0.5, 0.6) is 0 Å². The summed E-state index contributed by atoms with van der Waals surface area (Å²) in [6.45, 7) is 2.55. The Kier molecular flexibility index (Phi) is 4.52. The number of ether oxygens (including phenoxy) is 1. The van der Waals surface area contributed by atoms with Crippen LogP contribution in [0.4, 0.5) is 0 Å². The van der Waals surface area contributed by atoms with Gasteiger partial charge in [0.15, 0.2) is 0 Å². The summed E-state index contributed by atoms with van der Waals surface area (Å²) >= 11 is 0. The van der Waals surface area contributed by atoms with Crippen molar-refractivity contribution in [2.24, 2.45) is 0 Å². The normalized spacial score (nSPS) is 10.8. The van der Waals surface area contributed by atoms with Gasteiger partial charge in [-0.1, -0.05) is 13.3 Å². The number of pyridine rings is 1. The fourth-order valence-corrected chi connectivity index (χ4v) is 1.96. The molecule has 5 nitrogen and oxygen atoms in total. The highest BCUT2D eigenvalue weighted by Crippen LogP contribution is 2.19. The third-order valence-electron chi connectivity index (χ3n) is 2.95. The van der Waals surface area contributed by atoms with Gasteiger partial charge in [0.05, 0.1) is 13.2 Å². The van der Waals surface area contributed by atoms with Gasteiger partial charge in [0.25, 0.3) is 0 Å². The molecule has 0 saturated carbocycles. The molecule has 0 radical (unpaired) electrons. The number of fused-ring (bicyclic) bond motifs is 1. The molecule has 0 aliphatic carbocycles. The SMILES string of the molecule is CCCCOC(=O)Cn1cc(CO)c2cccnc21. The van der Waals surface area contributed by atoms with Gasteiger partial charge in [0.2, 0.25) is 0 Å². The van der Waals surface area contributed by atoms with Gasteiger partial charge >= 0.3 is 5.97 Å². The van der Waals surface area contributed by atoms with Crippen LogP contribution >= 0.6 is 0 Å². The lowest BCUT2D eigenvalue weighted by Gasteiger charge is -2.05. The molecular weight excluding hydrogens is 244 g/mol. The molecule has 0 unspecified atom stereocenters. The summed E-state index contributed by atoms with van der Waals surface area (Å²) in [5.74, 6) is -0.277. The van der Waals surface area contributed by atoms with E-state index in [9.17, 15) is 9.90 Å². The van der Waals surface area contributed by atoms with Crippen molar-refractivity contribution >= 4 is 17.0 Å². The summed E-state index contributed by atoms with van der Waals surface area (Å²) in [5, 5.41) is 10.2. The lowest BCUT2D eigenvalue weighted by molar-refractivity contribution is -0.144. The van der Waals surface area contributed by atoms with Crippen LogP contribution in [0, 0.1) is 0 Å². The third kappa shape index (κ3) is 3.12. The number of aliphatic hydroxyl groups excluding tert-OH is 1. The van der Waals surface area contributed by atoms with Gasteiger partial charge in [-0.05, 0) is 18.6 Å². The second kappa shape index (κ2) is 6.33. The average Bonchev–Trinajstić information content (AvgIpc) is 2.77. The number of nitrogens with zero attached hydrogens (tertiary/aromatic N) is 2. The number of aromatic nitrogens is 2. The van der Waals surface area contributed by atoms with Crippen LogP contribution in [-0.4, -0.2) is 27.2 Å². The number of hydrogen-bond acceptors (Lipinski definition) is 4. The zero-order valence-electron chi connectivity index (χ0n) is 11.0. The standard InChI is InChI=1S/C14H18N2O3/c1-2-3-7-19-13(18)9-16-8-11(10-17)12-5-4-6-15-14(12)16/h4-6,8,17H,2-3,7,9-10H2,1H3. The highest BCUT2D eigenvalue weighted by atomic mass is 16.5. The zero-order valence-corrected chi connectivity index (χ0v) is 11.0. The second-order valence-corrected chi connectivity index (χ2v) is 4.39. The number of hydrogen-bond donors (Lipinski definition) is 1. The average molecular weight is 262 g/mol. The van der Waals surface area contributed by atoms with Crippen LogP contribution in [-0.2, 0) is 22.7 Å². The lowest BCUT2D eigenvalue weighted by atomic mass is 10.2. The van der Waals surface area contributed by atoms with Crippen molar-refractivity contribution in [1.82, 2.24) is 9.55 Å². The van der Waals surface area contributed by atoms with Crippen LogP contribution in [0.3, 0.4) is 0 Å². The minimum Gasteiger partial charge on any atom is -0.464 e. The highest BCUT2D eigenvalue weighted by molar-refractivity contribution is 5.82. The summed E-state index contributed by atoms with van der Waals surface area (Å²) < 4.78 is 6.85. The van der Waals surface area contributed by atoms with E-state index >= 15 is 0 Å². The van der Waals surface area contributed by atoms with Crippen molar-refractivity contribution < 1.29 is 14.6 Å². The van der Waals surface area contributed by atoms with Crippen molar-refractivity contribution in [3.05, 3.63) is 30.1 Å². The minimum atomic E-state index is -0.277. The maximum atomic E-state index is 11.7. The fraction of sp³-hybridized carbons (Fsp3) is 0.429. The number of unbranched alkanes of at least 4 members (excludes halogenated alkanes) is 1. The van der Waals surface area contributed by atoms with Crippen molar-refractivity contribution in [3.8, 4) is 0 Å². The Bertz CT molecular complexity index is 563. The molecule has 0 aliphatic heterocycles. The van der Waals surface area contributed by atoms with Crippen LogP contribution in [0.25, 0.3) is 11.0 Å². The summed E-state index contributed by atoms with van der Waals surface area (Å²) in [7, 11) is 0. The maximum absolute atomic E-state index is 11.7. The molecule has 0 bridgehead atoms. The van der Waals surface area contributed by atoms with E-state index in [1.807, 2.05) is 19.1 Å². The molecule has 2 heterocycles. The number of aliphatic hydroxyl groups is 1. The van der Waals surface area contributed by atoms with E-state index in [-0.39, 0.29) is 19.1 Å². The van der Waals surface area contributed by atoms with Gasteiger partial charge in [-0.2, -0.15) is 0 Å². The minimum absolute atomic E-state index is 0.0694. The Morgan fingerprint density at radius 2 is 2.37 bits per heavy atom. The van der Waals surface area contributed by atoms with Crippen LogP contribution in [0.15, 0.2) is 24.5 Å². The van der Waals surface area contributed by atoms with Crippen molar-refractivity contribution in [1.29, 1.82) is 0 Å². The van der Waals surface area contributed by atoms with Gasteiger partial charge < -0.3 is 14.4 Å². The van der Waals surface area contributed by atoms with Gasteiger partial charge in [0, 0.05) is 23.3 Å². The van der Waals surface area contributed by atoms with Crippen molar-refractivity contribution in [2.75, 3.05) is 6.61 Å². The largest absolute Gasteiger partial charge is 0.464 e. The Morgan fingerprint density at radius 1 is 1.53 bits per heavy atom. The molecule has 0 atom stereocenters.